The van der Waals surface area contributed by atoms with Gasteiger partial charge in [0.2, 0.25) is 11.8 Å². The average molecular weight is 767 g/mol. The molecule has 288 valence electrons. The smallest absolute Gasteiger partial charge is 0.408 e. The van der Waals surface area contributed by atoms with Crippen molar-refractivity contribution >= 4 is 64.5 Å². The number of esters is 1. The van der Waals surface area contributed by atoms with Crippen molar-refractivity contribution in [1.29, 1.82) is 0 Å². The van der Waals surface area contributed by atoms with Gasteiger partial charge in [0, 0.05) is 55.2 Å². The van der Waals surface area contributed by atoms with Crippen LogP contribution in [-0.2, 0) is 36.9 Å². The fourth-order valence-corrected chi connectivity index (χ4v) is 5.62. The molecule has 7 N–H and O–H groups in total. The fraction of sp³-hybridized carbons (Fsp3) is 0.528. The van der Waals surface area contributed by atoms with E-state index in [0.717, 1.165) is 11.3 Å². The summed E-state index contributed by atoms with van der Waals surface area (Å²) < 4.78 is 10.3. The Morgan fingerprint density at radius 2 is 1.44 bits per heavy atom. The molecule has 5 amide bonds. The number of nitrogens with two attached hydrogens (primary N) is 1. The first-order valence-corrected chi connectivity index (χ1v) is 18.3. The molecule has 0 radical (unpaired) electrons. The molecule has 0 saturated carbocycles. The molecule has 3 atom stereocenters. The Morgan fingerprint density at radius 3 is 1.98 bits per heavy atom. The number of hydrogen-bond donors (Lipinski definition) is 6. The molecule has 0 heterocycles. The maximum absolute atomic E-state index is 13.3. The van der Waals surface area contributed by atoms with Crippen LogP contribution in [0.5, 0.6) is 0 Å². The zero-order chi connectivity index (χ0) is 38.6. The quantitative estimate of drug-likeness (QED) is 0.0587. The van der Waals surface area contributed by atoms with Gasteiger partial charge in [-0.05, 0) is 54.2 Å². The minimum atomic E-state index is -0.986. The van der Waals surface area contributed by atoms with Crippen molar-refractivity contribution in [2.24, 2.45) is 11.7 Å². The van der Waals surface area contributed by atoms with Crippen LogP contribution in [0.4, 0.5) is 21.0 Å². The maximum Gasteiger partial charge on any atom is 0.408 e. The highest BCUT2D eigenvalue weighted by Gasteiger charge is 2.28. The molecule has 1 unspecified atom stereocenters. The van der Waals surface area contributed by atoms with Crippen molar-refractivity contribution in [2.45, 2.75) is 77.7 Å². The van der Waals surface area contributed by atoms with Gasteiger partial charge in [-0.25, -0.2) is 14.4 Å². The largest absolute Gasteiger partial charge is 0.467 e. The van der Waals surface area contributed by atoms with Crippen molar-refractivity contribution in [1.82, 2.24) is 21.3 Å². The number of alkyl carbamates (subject to hydrolysis) is 1. The van der Waals surface area contributed by atoms with Crippen LogP contribution in [0.25, 0.3) is 0 Å². The van der Waals surface area contributed by atoms with Gasteiger partial charge in [-0.2, -0.15) is 0 Å². The van der Waals surface area contributed by atoms with Crippen LogP contribution in [0.3, 0.4) is 0 Å². The number of nitrogens with one attached hydrogen (secondary N) is 5. The highest BCUT2D eigenvalue weighted by atomic mass is 35.5. The molecular formula is C36H53Cl2N7O7. The van der Waals surface area contributed by atoms with E-state index in [2.05, 4.69) is 31.5 Å². The zero-order valence-corrected chi connectivity index (χ0v) is 32.0. The SMILES string of the molecule is COC(=O)C(Cc1ccc(N(CCCl)CCCl)cc1)NC(=O)OCc1ccc(NC(=O)[C@H](CCCNC(N)=O)NC(=O)[C@@H](NC(C)C)C(C)C)cc1. The Bertz CT molecular complexity index is 1420. The van der Waals surface area contributed by atoms with E-state index in [4.69, 9.17) is 38.4 Å². The lowest BCUT2D eigenvalue weighted by Crippen LogP contribution is -2.54. The Labute approximate surface area is 316 Å². The molecule has 2 aromatic rings. The number of amides is 5. The number of alkyl halides is 2. The topological polar surface area (TPSA) is 193 Å². The fourth-order valence-electron chi connectivity index (χ4n) is 5.21. The second kappa shape index (κ2) is 23.3. The van der Waals surface area contributed by atoms with Gasteiger partial charge < -0.3 is 46.7 Å². The third-order valence-corrected chi connectivity index (χ3v) is 8.22. The third kappa shape index (κ3) is 16.0. The minimum Gasteiger partial charge on any atom is -0.467 e. The number of benzene rings is 2. The molecule has 0 saturated heterocycles. The molecule has 14 nitrogen and oxygen atoms in total. The molecule has 0 spiro atoms. The van der Waals surface area contributed by atoms with Crippen LogP contribution in [0.2, 0.25) is 0 Å². The van der Waals surface area contributed by atoms with E-state index in [1.54, 1.807) is 24.3 Å². The molecule has 0 aliphatic carbocycles. The molecule has 16 heteroatoms. The number of nitrogens with zero attached hydrogens (tertiary/aromatic N) is 1. The lowest BCUT2D eigenvalue weighted by atomic mass is 10.0. The molecule has 2 aromatic carbocycles. The van der Waals surface area contributed by atoms with Crippen LogP contribution in [-0.4, -0.2) is 92.6 Å². The van der Waals surface area contributed by atoms with Crippen molar-refractivity contribution < 1.29 is 33.4 Å². The van der Waals surface area contributed by atoms with Gasteiger partial charge in [0.05, 0.1) is 13.2 Å². The first kappa shape index (κ1) is 43.9. The Balaban J connectivity index is 2.01. The van der Waals surface area contributed by atoms with E-state index in [-0.39, 0.29) is 43.9 Å². The summed E-state index contributed by atoms with van der Waals surface area (Å²) in [5, 5.41) is 14.0. The van der Waals surface area contributed by atoms with Crippen molar-refractivity contribution in [3.8, 4) is 0 Å². The van der Waals surface area contributed by atoms with Crippen LogP contribution >= 0.6 is 23.2 Å². The highest BCUT2D eigenvalue weighted by Crippen LogP contribution is 2.18. The summed E-state index contributed by atoms with van der Waals surface area (Å²) in [4.78, 5) is 64.8. The van der Waals surface area contributed by atoms with Gasteiger partial charge in [0.1, 0.15) is 18.7 Å². The van der Waals surface area contributed by atoms with Gasteiger partial charge in [-0.15, -0.1) is 23.2 Å². The number of primary amides is 1. The Hall–Kier alpha value is -4.27. The number of methoxy groups -OCH3 is 1. The predicted octanol–water partition coefficient (Wildman–Crippen LogP) is 3.88. The van der Waals surface area contributed by atoms with Crippen molar-refractivity contribution in [3.63, 3.8) is 0 Å². The summed E-state index contributed by atoms with van der Waals surface area (Å²) in [5.74, 6) is -0.489. The number of ether oxygens (including phenoxy) is 2. The summed E-state index contributed by atoms with van der Waals surface area (Å²) in [7, 11) is 1.24. The second-order valence-corrected chi connectivity index (χ2v) is 13.5. The van der Waals surface area contributed by atoms with E-state index in [9.17, 15) is 24.0 Å². The lowest BCUT2D eigenvalue weighted by Gasteiger charge is -2.27. The first-order valence-electron chi connectivity index (χ1n) is 17.2. The van der Waals surface area contributed by atoms with Crippen LogP contribution in [0.1, 0.15) is 51.7 Å². The van der Waals surface area contributed by atoms with Gasteiger partial charge in [-0.1, -0.05) is 52.0 Å². The van der Waals surface area contributed by atoms with Crippen LogP contribution in [0.15, 0.2) is 48.5 Å². The van der Waals surface area contributed by atoms with Gasteiger partial charge in [-0.3, -0.25) is 9.59 Å². The van der Waals surface area contributed by atoms with Crippen LogP contribution < -0.4 is 37.2 Å². The lowest BCUT2D eigenvalue weighted by molar-refractivity contribution is -0.143. The molecule has 0 bridgehead atoms. The Kier molecular flexibility index (Phi) is 19.7. The van der Waals surface area contributed by atoms with E-state index < -0.39 is 42.1 Å². The zero-order valence-electron chi connectivity index (χ0n) is 30.5. The predicted molar refractivity (Wildman–Crippen MR) is 204 cm³/mol. The van der Waals surface area contributed by atoms with Gasteiger partial charge in [0.25, 0.3) is 0 Å². The summed E-state index contributed by atoms with van der Waals surface area (Å²) >= 11 is 11.8. The highest BCUT2D eigenvalue weighted by molar-refractivity contribution is 6.18. The van der Waals surface area contributed by atoms with Crippen LogP contribution in [0, 0.1) is 5.92 Å². The summed E-state index contributed by atoms with van der Waals surface area (Å²) in [6.07, 6.45) is 0.0214. The first-order chi connectivity index (χ1) is 24.8. The van der Waals surface area contributed by atoms with E-state index >= 15 is 0 Å². The number of urea groups is 1. The number of rotatable bonds is 22. The molecule has 52 heavy (non-hydrogen) atoms. The molecule has 0 aromatic heterocycles. The van der Waals surface area contributed by atoms with Crippen molar-refractivity contribution in [3.05, 3.63) is 59.7 Å². The van der Waals surface area contributed by atoms with E-state index in [1.165, 1.54) is 7.11 Å². The molecular weight excluding hydrogens is 713 g/mol. The molecule has 0 fully saturated rings. The van der Waals surface area contributed by atoms with E-state index in [1.807, 2.05) is 52.0 Å². The summed E-state index contributed by atoms with van der Waals surface area (Å²) in [6, 6.07) is 11.1. The number of hydrogen-bond acceptors (Lipinski definition) is 9. The maximum atomic E-state index is 13.3. The minimum absolute atomic E-state index is 0.0249. The number of anilines is 2. The van der Waals surface area contributed by atoms with Crippen molar-refractivity contribution in [2.75, 3.05) is 48.7 Å². The van der Waals surface area contributed by atoms with Gasteiger partial charge >= 0.3 is 18.1 Å². The second-order valence-electron chi connectivity index (χ2n) is 12.8. The average Bonchev–Trinajstić information content (AvgIpc) is 3.10. The third-order valence-electron chi connectivity index (χ3n) is 7.88. The van der Waals surface area contributed by atoms with Gasteiger partial charge in [0.15, 0.2) is 0 Å². The number of carbonyl (C=O) groups is 5. The standard InChI is InChI=1S/C36H53Cl2N7O7/c1-23(2)31(41-24(3)4)33(47)43-29(7-6-18-40-35(39)49)32(46)42-27-12-8-26(9-13-27)22-52-36(50)44-30(34(48)51-5)21-25-10-14-28(15-11-25)45(19-16-37)20-17-38/h8-15,23-24,29-31,41H,6-7,16-22H2,1-5H3,(H,42,46)(H,43,47)(H,44,50)(H3,39,40,49)/t29-,30?,31-/m0/s1. The molecule has 0 aliphatic heterocycles. The summed E-state index contributed by atoms with van der Waals surface area (Å²) in [5.41, 5.74) is 7.97. The Morgan fingerprint density at radius 1 is 0.827 bits per heavy atom. The molecule has 0 aliphatic rings. The molecule has 2 rings (SSSR count). The number of carbonyl (C=O) groups excluding carboxylic acids is 5. The number of halogens is 2. The monoisotopic (exact) mass is 765 g/mol. The van der Waals surface area contributed by atoms with E-state index in [0.29, 0.717) is 42.5 Å². The normalized spacial score (nSPS) is 12.7. The summed E-state index contributed by atoms with van der Waals surface area (Å²) in [6.45, 7) is 9.12.